The maximum absolute atomic E-state index is 9.38. The predicted molar refractivity (Wildman–Crippen MR) is 92.6 cm³/mol. The Morgan fingerprint density at radius 1 is 1.18 bits per heavy atom. The molecule has 5 heteroatoms. The smallest absolute Gasteiger partial charge is 0.196 e. The van der Waals surface area contributed by atoms with Crippen molar-refractivity contribution in [3.63, 3.8) is 0 Å². The fourth-order valence-electron chi connectivity index (χ4n) is 2.63. The van der Waals surface area contributed by atoms with Crippen molar-refractivity contribution in [2.75, 3.05) is 5.32 Å². The summed E-state index contributed by atoms with van der Waals surface area (Å²) in [5.41, 5.74) is 0.924. The molecule has 116 valence electrons. The minimum absolute atomic E-state index is 0.270. The Labute approximate surface area is 134 Å². The van der Waals surface area contributed by atoms with Gasteiger partial charge in [0.25, 0.3) is 0 Å². The number of guanidine groups is 1. The maximum Gasteiger partial charge on any atom is 0.196 e. The van der Waals surface area contributed by atoms with Crippen LogP contribution in [-0.4, -0.2) is 17.1 Å². The molecule has 1 aromatic heterocycles. The van der Waals surface area contributed by atoms with E-state index in [1.54, 1.807) is 23.5 Å². The second-order valence-electron chi connectivity index (χ2n) is 5.54. The quantitative estimate of drug-likeness (QED) is 0.455. The van der Waals surface area contributed by atoms with Gasteiger partial charge in [-0.15, -0.1) is 11.3 Å². The van der Waals surface area contributed by atoms with Crippen LogP contribution in [0.2, 0.25) is 0 Å². The van der Waals surface area contributed by atoms with E-state index in [4.69, 9.17) is 0 Å². The Kier molecular flexibility index (Phi) is 4.96. The summed E-state index contributed by atoms with van der Waals surface area (Å²) in [6.07, 6.45) is 4.98. The third-order valence-corrected chi connectivity index (χ3v) is 4.66. The molecule has 1 aliphatic rings. The van der Waals surface area contributed by atoms with Crippen molar-refractivity contribution in [1.29, 1.82) is 0 Å². The van der Waals surface area contributed by atoms with E-state index in [0.29, 0.717) is 12.6 Å². The van der Waals surface area contributed by atoms with Gasteiger partial charge in [-0.2, -0.15) is 0 Å². The second-order valence-corrected chi connectivity index (χ2v) is 6.57. The Balaban J connectivity index is 1.69. The predicted octanol–water partition coefficient (Wildman–Crippen LogP) is 3.95. The van der Waals surface area contributed by atoms with Gasteiger partial charge < -0.3 is 15.7 Å². The average Bonchev–Trinajstić information content (AvgIpc) is 3.20. The molecule has 0 unspecified atom stereocenters. The third-order valence-electron chi connectivity index (χ3n) is 3.80. The molecule has 0 atom stereocenters. The van der Waals surface area contributed by atoms with Crippen molar-refractivity contribution in [3.8, 4) is 5.75 Å². The summed E-state index contributed by atoms with van der Waals surface area (Å²) >= 11 is 1.72. The van der Waals surface area contributed by atoms with E-state index in [-0.39, 0.29) is 5.75 Å². The number of benzene rings is 1. The molecule has 1 fully saturated rings. The fourth-order valence-corrected chi connectivity index (χ4v) is 3.25. The summed E-state index contributed by atoms with van der Waals surface area (Å²) in [7, 11) is 0. The van der Waals surface area contributed by atoms with Gasteiger partial charge in [-0.3, -0.25) is 0 Å². The fraction of sp³-hybridized carbons (Fsp3) is 0.353. The highest BCUT2D eigenvalue weighted by molar-refractivity contribution is 7.09. The normalized spacial score (nSPS) is 15.9. The molecule has 0 aliphatic heterocycles. The molecule has 1 aromatic carbocycles. The number of nitrogens with one attached hydrogen (secondary N) is 2. The van der Waals surface area contributed by atoms with E-state index >= 15 is 0 Å². The molecule has 1 saturated carbocycles. The molecule has 0 spiro atoms. The summed E-state index contributed by atoms with van der Waals surface area (Å²) < 4.78 is 0. The standard InChI is InChI=1S/C17H21N3OS/c21-15-9-7-14(8-10-15)20-17(19-13-4-1-2-5-13)18-12-16-6-3-11-22-16/h3,6-11,13,21H,1-2,4-5,12H2,(H2,18,19,20). The molecule has 1 heterocycles. The minimum Gasteiger partial charge on any atom is -0.508 e. The molecule has 3 rings (SSSR count). The van der Waals surface area contributed by atoms with Crippen LogP contribution in [0.1, 0.15) is 30.6 Å². The van der Waals surface area contributed by atoms with Gasteiger partial charge in [0.2, 0.25) is 0 Å². The van der Waals surface area contributed by atoms with Crippen LogP contribution in [0.3, 0.4) is 0 Å². The Bertz CT molecular complexity index is 601. The topological polar surface area (TPSA) is 56.6 Å². The molecule has 0 bridgehead atoms. The largest absolute Gasteiger partial charge is 0.508 e. The molecular formula is C17H21N3OS. The second kappa shape index (κ2) is 7.31. The van der Waals surface area contributed by atoms with Crippen LogP contribution in [0.25, 0.3) is 0 Å². The highest BCUT2D eigenvalue weighted by Crippen LogP contribution is 2.19. The maximum atomic E-state index is 9.38. The Morgan fingerprint density at radius 2 is 1.95 bits per heavy atom. The lowest BCUT2D eigenvalue weighted by Crippen LogP contribution is -2.37. The van der Waals surface area contributed by atoms with Gasteiger partial charge in [0.1, 0.15) is 5.75 Å². The number of thiophene rings is 1. The highest BCUT2D eigenvalue weighted by Gasteiger charge is 2.16. The van der Waals surface area contributed by atoms with Gasteiger partial charge in [0, 0.05) is 16.6 Å². The van der Waals surface area contributed by atoms with Crippen molar-refractivity contribution < 1.29 is 5.11 Å². The molecule has 4 nitrogen and oxygen atoms in total. The SMILES string of the molecule is Oc1ccc(NC(=NCc2cccs2)NC2CCCC2)cc1. The zero-order chi connectivity index (χ0) is 15.2. The molecule has 3 N–H and O–H groups in total. The number of hydrogen-bond acceptors (Lipinski definition) is 3. The Morgan fingerprint density at radius 3 is 2.64 bits per heavy atom. The average molecular weight is 315 g/mol. The zero-order valence-electron chi connectivity index (χ0n) is 12.5. The van der Waals surface area contributed by atoms with Crippen LogP contribution in [-0.2, 0) is 6.54 Å². The summed E-state index contributed by atoms with van der Waals surface area (Å²) in [5.74, 6) is 1.08. The van der Waals surface area contributed by atoms with Crippen molar-refractivity contribution in [2.24, 2.45) is 4.99 Å². The first-order valence-corrected chi connectivity index (χ1v) is 8.57. The summed E-state index contributed by atoms with van der Waals surface area (Å²) in [4.78, 5) is 5.94. The van der Waals surface area contributed by atoms with Crippen molar-refractivity contribution in [3.05, 3.63) is 46.7 Å². The van der Waals surface area contributed by atoms with Gasteiger partial charge in [-0.25, -0.2) is 4.99 Å². The Hall–Kier alpha value is -2.01. The number of phenols is 1. The molecule has 1 aliphatic carbocycles. The zero-order valence-corrected chi connectivity index (χ0v) is 13.3. The summed E-state index contributed by atoms with van der Waals surface area (Å²) in [6.45, 7) is 0.678. The van der Waals surface area contributed by atoms with Crippen LogP contribution >= 0.6 is 11.3 Å². The van der Waals surface area contributed by atoms with Crippen molar-refractivity contribution in [1.82, 2.24) is 5.32 Å². The highest BCUT2D eigenvalue weighted by atomic mass is 32.1. The molecular weight excluding hydrogens is 294 g/mol. The van der Waals surface area contributed by atoms with E-state index < -0.39 is 0 Å². The number of nitrogens with zero attached hydrogens (tertiary/aromatic N) is 1. The summed E-state index contributed by atoms with van der Waals surface area (Å²) in [5, 5.41) is 18.3. The van der Waals surface area contributed by atoms with E-state index in [2.05, 4.69) is 27.1 Å². The van der Waals surface area contributed by atoms with Gasteiger partial charge in [-0.1, -0.05) is 18.9 Å². The van der Waals surface area contributed by atoms with Crippen LogP contribution in [0, 0.1) is 0 Å². The molecule has 0 amide bonds. The van der Waals surface area contributed by atoms with E-state index in [1.807, 2.05) is 18.2 Å². The van der Waals surface area contributed by atoms with Gasteiger partial charge in [0.15, 0.2) is 5.96 Å². The lowest BCUT2D eigenvalue weighted by atomic mass is 10.2. The lowest BCUT2D eigenvalue weighted by molar-refractivity contribution is 0.475. The van der Waals surface area contributed by atoms with Crippen LogP contribution < -0.4 is 10.6 Å². The first kappa shape index (κ1) is 14.9. The monoisotopic (exact) mass is 315 g/mol. The number of anilines is 1. The number of aromatic hydroxyl groups is 1. The van der Waals surface area contributed by atoms with Crippen LogP contribution in [0.5, 0.6) is 5.75 Å². The lowest BCUT2D eigenvalue weighted by Gasteiger charge is -2.17. The molecule has 2 aromatic rings. The van der Waals surface area contributed by atoms with Crippen LogP contribution in [0.15, 0.2) is 46.8 Å². The number of rotatable bonds is 4. The van der Waals surface area contributed by atoms with E-state index in [9.17, 15) is 5.11 Å². The number of phenolic OH excluding ortho intramolecular Hbond substituents is 1. The van der Waals surface area contributed by atoms with Crippen LogP contribution in [0.4, 0.5) is 5.69 Å². The van der Waals surface area contributed by atoms with E-state index in [0.717, 1.165) is 11.6 Å². The van der Waals surface area contributed by atoms with Crippen molar-refractivity contribution in [2.45, 2.75) is 38.3 Å². The van der Waals surface area contributed by atoms with Gasteiger partial charge in [0.05, 0.1) is 6.54 Å². The minimum atomic E-state index is 0.270. The number of hydrogen-bond donors (Lipinski definition) is 3. The summed E-state index contributed by atoms with van der Waals surface area (Å²) in [6, 6.07) is 11.7. The van der Waals surface area contributed by atoms with Gasteiger partial charge in [-0.05, 0) is 48.6 Å². The first-order chi connectivity index (χ1) is 10.8. The molecule has 22 heavy (non-hydrogen) atoms. The molecule has 0 saturated heterocycles. The van der Waals surface area contributed by atoms with E-state index in [1.165, 1.54) is 30.6 Å². The number of aliphatic imine (C=N–C) groups is 1. The van der Waals surface area contributed by atoms with Gasteiger partial charge >= 0.3 is 0 Å². The molecule has 0 radical (unpaired) electrons. The first-order valence-electron chi connectivity index (χ1n) is 7.69. The third kappa shape index (κ3) is 4.24. The van der Waals surface area contributed by atoms with Crippen molar-refractivity contribution >= 4 is 23.0 Å².